The number of hydrogen-bond acceptors (Lipinski definition) is 6. The second kappa shape index (κ2) is 7.49. The van der Waals surface area contributed by atoms with E-state index in [1.807, 2.05) is 42.5 Å². The van der Waals surface area contributed by atoms with Crippen molar-refractivity contribution in [3.05, 3.63) is 60.2 Å². The molecule has 0 saturated heterocycles. The number of hydrogen-bond donors (Lipinski definition) is 1. The van der Waals surface area contributed by atoms with E-state index in [1.165, 1.54) is 0 Å². The van der Waals surface area contributed by atoms with Crippen LogP contribution in [0.3, 0.4) is 0 Å². The lowest BCUT2D eigenvalue weighted by Gasteiger charge is -2.20. The number of rotatable bonds is 6. The average molecular weight is 318 g/mol. The third-order valence-electron chi connectivity index (χ3n) is 3.70. The molecule has 1 aromatic carbocycles. The van der Waals surface area contributed by atoms with E-state index in [2.05, 4.69) is 25.9 Å². The summed E-state index contributed by atoms with van der Waals surface area (Å²) in [5.74, 6) is 1.13. The number of nitrogen functional groups attached to an aromatic ring is 1. The van der Waals surface area contributed by atoms with Gasteiger partial charge in [-0.05, 0) is 24.3 Å². The van der Waals surface area contributed by atoms with Crippen molar-refractivity contribution in [2.24, 2.45) is 0 Å². The minimum atomic E-state index is 0.440. The molecule has 120 valence electrons. The summed E-state index contributed by atoms with van der Waals surface area (Å²) in [7, 11) is 0. The average Bonchev–Trinajstić information content (AvgIpc) is 2.60. The monoisotopic (exact) mass is 318 g/mol. The third kappa shape index (κ3) is 3.83. The summed E-state index contributed by atoms with van der Waals surface area (Å²) in [6.07, 6.45) is 2.21. The minimum absolute atomic E-state index is 0.440. The van der Waals surface area contributed by atoms with Crippen LogP contribution in [0.5, 0.6) is 0 Å². The minimum Gasteiger partial charge on any atom is -0.383 e. The van der Waals surface area contributed by atoms with Gasteiger partial charge in [0.05, 0.1) is 23.8 Å². The number of nitrogens with two attached hydrogens (primary N) is 1. The van der Waals surface area contributed by atoms with Crippen LogP contribution < -0.4 is 5.73 Å². The molecule has 0 fully saturated rings. The summed E-state index contributed by atoms with van der Waals surface area (Å²) < 4.78 is 0. The van der Waals surface area contributed by atoms with Gasteiger partial charge in [0.25, 0.3) is 0 Å². The van der Waals surface area contributed by atoms with Crippen LogP contribution in [0.1, 0.15) is 17.9 Å². The Kier molecular flexibility index (Phi) is 4.94. The maximum atomic E-state index is 8.89. The molecule has 0 aliphatic carbocycles. The zero-order valence-corrected chi connectivity index (χ0v) is 13.3. The van der Waals surface area contributed by atoms with Crippen LogP contribution in [-0.2, 0) is 13.1 Å². The second-order valence-electron chi connectivity index (χ2n) is 5.48. The van der Waals surface area contributed by atoms with Crippen molar-refractivity contribution in [3.63, 3.8) is 0 Å². The second-order valence-corrected chi connectivity index (χ2v) is 5.48. The van der Waals surface area contributed by atoms with Gasteiger partial charge in [0.2, 0.25) is 0 Å². The normalized spacial score (nSPS) is 10.8. The van der Waals surface area contributed by atoms with Crippen LogP contribution in [0.4, 0.5) is 5.82 Å². The SMILES string of the molecule is N#CCCN(Cc1ccccn1)Cc1nc(N)c2ccccc2n1. The maximum Gasteiger partial charge on any atom is 0.145 e. The first kappa shape index (κ1) is 15.8. The van der Waals surface area contributed by atoms with Gasteiger partial charge in [-0.3, -0.25) is 9.88 Å². The molecular formula is C18H18N6. The van der Waals surface area contributed by atoms with E-state index in [0.29, 0.717) is 37.7 Å². The van der Waals surface area contributed by atoms with Gasteiger partial charge < -0.3 is 5.73 Å². The van der Waals surface area contributed by atoms with Gasteiger partial charge in [0, 0.05) is 31.1 Å². The summed E-state index contributed by atoms with van der Waals surface area (Å²) in [5.41, 5.74) is 7.83. The Bertz CT molecular complexity index is 856. The summed E-state index contributed by atoms with van der Waals surface area (Å²) in [5, 5.41) is 9.75. The molecule has 2 heterocycles. The number of para-hydroxylation sites is 1. The molecule has 6 heteroatoms. The molecule has 2 N–H and O–H groups in total. The van der Waals surface area contributed by atoms with Crippen LogP contribution in [0.25, 0.3) is 10.9 Å². The molecule has 0 aliphatic rings. The molecule has 6 nitrogen and oxygen atoms in total. The molecule has 0 radical (unpaired) electrons. The molecular weight excluding hydrogens is 300 g/mol. The Labute approximate surface area is 140 Å². The first-order valence-electron chi connectivity index (χ1n) is 7.76. The van der Waals surface area contributed by atoms with Crippen molar-refractivity contribution in [2.45, 2.75) is 19.5 Å². The third-order valence-corrected chi connectivity index (χ3v) is 3.70. The van der Waals surface area contributed by atoms with Crippen LogP contribution in [0.15, 0.2) is 48.7 Å². The number of benzene rings is 1. The maximum absolute atomic E-state index is 8.89. The zero-order valence-electron chi connectivity index (χ0n) is 13.3. The number of anilines is 1. The predicted molar refractivity (Wildman–Crippen MR) is 92.5 cm³/mol. The number of aromatic nitrogens is 3. The van der Waals surface area contributed by atoms with Crippen LogP contribution in [0, 0.1) is 11.3 Å². The highest BCUT2D eigenvalue weighted by atomic mass is 15.2. The fourth-order valence-electron chi connectivity index (χ4n) is 2.56. The topological polar surface area (TPSA) is 91.7 Å². The van der Waals surface area contributed by atoms with Gasteiger partial charge in [-0.15, -0.1) is 0 Å². The zero-order chi connectivity index (χ0) is 16.8. The number of nitrogens with zero attached hydrogens (tertiary/aromatic N) is 5. The van der Waals surface area contributed by atoms with Crippen molar-refractivity contribution < 1.29 is 0 Å². The summed E-state index contributed by atoms with van der Waals surface area (Å²) >= 11 is 0. The Balaban J connectivity index is 1.82. The molecule has 2 aromatic heterocycles. The summed E-state index contributed by atoms with van der Waals surface area (Å²) in [6, 6.07) is 15.7. The predicted octanol–water partition coefficient (Wildman–Crippen LogP) is 2.52. The lowest BCUT2D eigenvalue weighted by Crippen LogP contribution is -2.25. The Morgan fingerprint density at radius 2 is 1.88 bits per heavy atom. The highest BCUT2D eigenvalue weighted by Crippen LogP contribution is 2.18. The van der Waals surface area contributed by atoms with Gasteiger partial charge in [0.1, 0.15) is 11.6 Å². The highest BCUT2D eigenvalue weighted by molar-refractivity contribution is 5.87. The van der Waals surface area contributed by atoms with E-state index in [-0.39, 0.29) is 0 Å². The largest absolute Gasteiger partial charge is 0.383 e. The van der Waals surface area contributed by atoms with Gasteiger partial charge in [-0.25, -0.2) is 9.97 Å². The quantitative estimate of drug-likeness (QED) is 0.751. The van der Waals surface area contributed by atoms with Crippen LogP contribution >= 0.6 is 0 Å². The smallest absolute Gasteiger partial charge is 0.145 e. The number of pyridine rings is 1. The van der Waals surface area contributed by atoms with Crippen molar-refractivity contribution in [1.82, 2.24) is 19.9 Å². The van der Waals surface area contributed by atoms with Gasteiger partial charge in [-0.2, -0.15) is 5.26 Å². The molecule has 0 bridgehead atoms. The number of fused-ring (bicyclic) bond motifs is 1. The fraction of sp³-hybridized carbons (Fsp3) is 0.222. The molecule has 24 heavy (non-hydrogen) atoms. The van der Waals surface area contributed by atoms with E-state index >= 15 is 0 Å². The first-order chi connectivity index (χ1) is 11.8. The van der Waals surface area contributed by atoms with Crippen LogP contribution in [-0.4, -0.2) is 26.4 Å². The Morgan fingerprint density at radius 3 is 2.67 bits per heavy atom. The molecule has 3 rings (SSSR count). The van der Waals surface area contributed by atoms with Gasteiger partial charge in [-0.1, -0.05) is 18.2 Å². The van der Waals surface area contributed by atoms with E-state index in [1.54, 1.807) is 6.20 Å². The Hall–Kier alpha value is -3.04. The molecule has 0 saturated carbocycles. The van der Waals surface area contributed by atoms with Crippen LogP contribution in [0.2, 0.25) is 0 Å². The fourth-order valence-corrected chi connectivity index (χ4v) is 2.56. The molecule has 0 unspecified atom stereocenters. The molecule has 0 aliphatic heterocycles. The standard InChI is InChI=1S/C18H18N6/c19-9-5-11-24(12-14-6-3-4-10-21-14)13-17-22-16-8-2-1-7-15(16)18(20)23-17/h1-4,6-8,10H,5,11-13H2,(H2,20,22,23). The molecule has 0 spiro atoms. The lowest BCUT2D eigenvalue weighted by molar-refractivity contribution is 0.253. The van der Waals surface area contributed by atoms with Crippen molar-refractivity contribution in [2.75, 3.05) is 12.3 Å². The molecule has 0 amide bonds. The van der Waals surface area contributed by atoms with E-state index in [0.717, 1.165) is 16.6 Å². The van der Waals surface area contributed by atoms with Crippen molar-refractivity contribution in [1.29, 1.82) is 5.26 Å². The van der Waals surface area contributed by atoms with E-state index in [4.69, 9.17) is 11.0 Å². The van der Waals surface area contributed by atoms with E-state index < -0.39 is 0 Å². The van der Waals surface area contributed by atoms with Gasteiger partial charge >= 0.3 is 0 Å². The lowest BCUT2D eigenvalue weighted by atomic mass is 10.2. The first-order valence-corrected chi connectivity index (χ1v) is 7.76. The van der Waals surface area contributed by atoms with Crippen molar-refractivity contribution in [3.8, 4) is 6.07 Å². The number of nitriles is 1. The molecule has 3 aromatic rings. The van der Waals surface area contributed by atoms with Gasteiger partial charge in [0.15, 0.2) is 0 Å². The molecule has 0 atom stereocenters. The highest BCUT2D eigenvalue weighted by Gasteiger charge is 2.11. The summed E-state index contributed by atoms with van der Waals surface area (Å²) in [6.45, 7) is 1.79. The summed E-state index contributed by atoms with van der Waals surface area (Å²) in [4.78, 5) is 15.5. The Morgan fingerprint density at radius 1 is 1.04 bits per heavy atom. The van der Waals surface area contributed by atoms with Crippen molar-refractivity contribution >= 4 is 16.7 Å². The van der Waals surface area contributed by atoms with E-state index in [9.17, 15) is 0 Å².